The van der Waals surface area contributed by atoms with Crippen LogP contribution in [0, 0.1) is 17.8 Å². The Kier molecular flexibility index (Phi) is 3.28. The normalized spacial score (nSPS) is 38.9. The van der Waals surface area contributed by atoms with E-state index >= 15 is 0 Å². The minimum absolute atomic E-state index is 0.0763. The highest BCUT2D eigenvalue weighted by atomic mass is 16.5. The molecular weight excluding hydrogens is 314 g/mol. The Morgan fingerprint density at radius 2 is 2.08 bits per heavy atom. The molecule has 2 saturated carbocycles. The number of fused-ring (bicyclic) bond motifs is 3. The van der Waals surface area contributed by atoms with Crippen molar-refractivity contribution in [1.29, 1.82) is 0 Å². The molecular formula is C21H25NO3. The van der Waals surface area contributed by atoms with Gasteiger partial charge in [0.2, 0.25) is 5.91 Å². The summed E-state index contributed by atoms with van der Waals surface area (Å²) in [6.45, 7) is 3.06. The lowest BCUT2D eigenvalue weighted by molar-refractivity contribution is -0.137. The third-order valence-electron chi connectivity index (χ3n) is 7.01. The summed E-state index contributed by atoms with van der Waals surface area (Å²) in [7, 11) is 0. The molecule has 0 radical (unpaired) electrons. The van der Waals surface area contributed by atoms with Gasteiger partial charge in [-0.1, -0.05) is 12.1 Å². The Labute approximate surface area is 148 Å². The zero-order valence-corrected chi connectivity index (χ0v) is 14.7. The van der Waals surface area contributed by atoms with Crippen LogP contribution in [0.3, 0.4) is 0 Å². The molecule has 0 unspecified atom stereocenters. The van der Waals surface area contributed by atoms with Crippen LogP contribution in [0.5, 0.6) is 5.75 Å². The van der Waals surface area contributed by atoms with Gasteiger partial charge in [0.1, 0.15) is 11.4 Å². The van der Waals surface area contributed by atoms with E-state index in [9.17, 15) is 9.59 Å². The van der Waals surface area contributed by atoms with Crippen LogP contribution in [-0.2, 0) is 4.79 Å². The fourth-order valence-corrected chi connectivity index (χ4v) is 5.72. The molecule has 4 nitrogen and oxygen atoms in total. The molecule has 2 heterocycles. The van der Waals surface area contributed by atoms with Crippen LogP contribution in [-0.4, -0.2) is 34.8 Å². The predicted octanol–water partition coefficient (Wildman–Crippen LogP) is 3.45. The van der Waals surface area contributed by atoms with Crippen molar-refractivity contribution in [1.82, 2.24) is 4.90 Å². The Morgan fingerprint density at radius 3 is 2.92 bits per heavy atom. The molecule has 1 saturated heterocycles. The molecule has 4 aliphatic rings. The van der Waals surface area contributed by atoms with Crippen molar-refractivity contribution in [2.45, 2.75) is 57.1 Å². The van der Waals surface area contributed by atoms with Gasteiger partial charge >= 0.3 is 0 Å². The number of likely N-dealkylation sites (tertiary alicyclic amines) is 1. The topological polar surface area (TPSA) is 46.6 Å². The van der Waals surface area contributed by atoms with Crippen LogP contribution >= 0.6 is 0 Å². The Hall–Kier alpha value is -1.84. The highest BCUT2D eigenvalue weighted by molar-refractivity contribution is 6.00. The standard InChI is InChI=1S/C21H25NO3/c1-13-6-4-5-11-22(13)20(24)18-15-9-10-21(19(15)18)12-16(23)14-7-2-3-8-17(14)25-21/h2-3,7-8,13,15,18-19H,4-6,9-12H2,1H3/t13-,15+,18-,19+,21-/m1/s1. The molecule has 2 aliphatic heterocycles. The van der Waals surface area contributed by atoms with Gasteiger partial charge in [-0.25, -0.2) is 0 Å². The van der Waals surface area contributed by atoms with E-state index in [4.69, 9.17) is 4.74 Å². The summed E-state index contributed by atoms with van der Waals surface area (Å²) in [6, 6.07) is 7.90. The van der Waals surface area contributed by atoms with Gasteiger partial charge in [-0.15, -0.1) is 0 Å². The molecule has 5 atom stereocenters. The molecule has 0 bridgehead atoms. The van der Waals surface area contributed by atoms with E-state index in [0.717, 1.165) is 32.2 Å². The number of para-hydroxylation sites is 1. The van der Waals surface area contributed by atoms with E-state index in [2.05, 4.69) is 11.8 Å². The number of carbonyl (C=O) groups excluding carboxylic acids is 2. The molecule has 0 N–H and O–H groups in total. The molecule has 2 aliphatic carbocycles. The van der Waals surface area contributed by atoms with Crippen LogP contribution in [0.2, 0.25) is 0 Å². The smallest absolute Gasteiger partial charge is 0.226 e. The molecule has 132 valence electrons. The monoisotopic (exact) mass is 339 g/mol. The number of piperidine rings is 1. The Morgan fingerprint density at radius 1 is 1.24 bits per heavy atom. The van der Waals surface area contributed by atoms with E-state index in [-0.39, 0.29) is 17.6 Å². The third kappa shape index (κ3) is 2.19. The van der Waals surface area contributed by atoms with Crippen LogP contribution in [0.4, 0.5) is 0 Å². The van der Waals surface area contributed by atoms with Gasteiger partial charge < -0.3 is 9.64 Å². The van der Waals surface area contributed by atoms with E-state index < -0.39 is 5.60 Å². The van der Waals surface area contributed by atoms with Crippen molar-refractivity contribution in [3.05, 3.63) is 29.8 Å². The van der Waals surface area contributed by atoms with Crippen molar-refractivity contribution in [2.24, 2.45) is 17.8 Å². The van der Waals surface area contributed by atoms with Gasteiger partial charge in [0, 0.05) is 24.4 Å². The number of hydrogen-bond acceptors (Lipinski definition) is 3. The van der Waals surface area contributed by atoms with Crippen LogP contribution < -0.4 is 4.74 Å². The number of amides is 1. The second-order valence-electron chi connectivity index (χ2n) is 8.39. The number of ketones is 1. The molecule has 4 heteroatoms. The maximum Gasteiger partial charge on any atom is 0.226 e. The maximum atomic E-state index is 13.1. The quantitative estimate of drug-likeness (QED) is 0.787. The van der Waals surface area contributed by atoms with Gasteiger partial charge in [0.25, 0.3) is 0 Å². The first-order valence-corrected chi connectivity index (χ1v) is 9.72. The first kappa shape index (κ1) is 15.4. The maximum absolute atomic E-state index is 13.1. The molecule has 1 aromatic rings. The lowest BCUT2D eigenvalue weighted by atomic mass is 9.84. The Balaban J connectivity index is 1.40. The second kappa shape index (κ2) is 5.33. The van der Waals surface area contributed by atoms with Crippen molar-refractivity contribution < 1.29 is 14.3 Å². The van der Waals surface area contributed by atoms with E-state index in [1.165, 1.54) is 6.42 Å². The van der Waals surface area contributed by atoms with Crippen LogP contribution in [0.1, 0.15) is 55.8 Å². The van der Waals surface area contributed by atoms with Crippen molar-refractivity contribution in [3.8, 4) is 5.75 Å². The number of rotatable bonds is 1. The average Bonchev–Trinajstić information content (AvgIpc) is 3.26. The van der Waals surface area contributed by atoms with E-state index in [1.807, 2.05) is 24.3 Å². The number of benzene rings is 1. The average molecular weight is 339 g/mol. The highest BCUT2D eigenvalue weighted by Crippen LogP contribution is 2.66. The molecule has 1 aromatic carbocycles. The summed E-state index contributed by atoms with van der Waals surface area (Å²) in [4.78, 5) is 27.9. The predicted molar refractivity (Wildman–Crippen MR) is 93.5 cm³/mol. The molecule has 1 spiro atoms. The summed E-state index contributed by atoms with van der Waals surface area (Å²) < 4.78 is 6.41. The fourth-order valence-electron chi connectivity index (χ4n) is 5.72. The third-order valence-corrected chi connectivity index (χ3v) is 7.01. The van der Waals surface area contributed by atoms with Gasteiger partial charge in [0.15, 0.2) is 5.78 Å². The lowest BCUT2D eigenvalue weighted by Crippen LogP contribution is -2.47. The number of carbonyl (C=O) groups is 2. The summed E-state index contributed by atoms with van der Waals surface area (Å²) in [5.41, 5.74) is 0.264. The summed E-state index contributed by atoms with van der Waals surface area (Å²) >= 11 is 0. The molecule has 25 heavy (non-hydrogen) atoms. The van der Waals surface area contributed by atoms with Crippen molar-refractivity contribution in [2.75, 3.05) is 6.54 Å². The lowest BCUT2D eigenvalue weighted by Gasteiger charge is -2.38. The first-order chi connectivity index (χ1) is 12.1. The van der Waals surface area contributed by atoms with Gasteiger partial charge in [-0.2, -0.15) is 0 Å². The number of hydrogen-bond donors (Lipinski definition) is 0. The van der Waals surface area contributed by atoms with Gasteiger partial charge in [-0.05, 0) is 57.1 Å². The number of nitrogens with zero attached hydrogens (tertiary/aromatic N) is 1. The second-order valence-corrected chi connectivity index (χ2v) is 8.39. The SMILES string of the molecule is C[C@@H]1CCCCN1C(=O)[C@@H]1[C@@H]2CC[C@@]3(CC(=O)c4ccccc4O3)[C@@H]21. The van der Waals surface area contributed by atoms with Gasteiger partial charge in [-0.3, -0.25) is 9.59 Å². The van der Waals surface area contributed by atoms with Crippen LogP contribution in [0.15, 0.2) is 24.3 Å². The van der Waals surface area contributed by atoms with E-state index in [0.29, 0.717) is 35.6 Å². The minimum atomic E-state index is -0.435. The summed E-state index contributed by atoms with van der Waals surface area (Å²) in [5.74, 6) is 1.92. The zero-order valence-electron chi connectivity index (χ0n) is 14.7. The fraction of sp³-hybridized carbons (Fsp3) is 0.619. The molecule has 5 rings (SSSR count). The first-order valence-electron chi connectivity index (χ1n) is 9.72. The Bertz CT molecular complexity index is 744. The van der Waals surface area contributed by atoms with Crippen molar-refractivity contribution >= 4 is 11.7 Å². The van der Waals surface area contributed by atoms with Gasteiger partial charge in [0.05, 0.1) is 12.0 Å². The largest absolute Gasteiger partial charge is 0.486 e. The van der Waals surface area contributed by atoms with Crippen LogP contribution in [0.25, 0.3) is 0 Å². The van der Waals surface area contributed by atoms with Crippen molar-refractivity contribution in [3.63, 3.8) is 0 Å². The summed E-state index contributed by atoms with van der Waals surface area (Å²) in [5, 5.41) is 0. The zero-order chi connectivity index (χ0) is 17.2. The highest BCUT2D eigenvalue weighted by Gasteiger charge is 2.71. The molecule has 1 amide bonds. The molecule has 0 aromatic heterocycles. The number of Topliss-reactive ketones (excluding diaryl/α,β-unsaturated/α-hetero) is 1. The van der Waals surface area contributed by atoms with E-state index in [1.54, 1.807) is 0 Å². The summed E-state index contributed by atoms with van der Waals surface area (Å²) in [6.07, 6.45) is 5.80. The minimum Gasteiger partial charge on any atom is -0.486 e. The molecule has 3 fully saturated rings. The number of ether oxygens (including phenoxy) is 1.